The molecule has 0 fully saturated rings. The maximum absolute atomic E-state index is 10.7. The highest BCUT2D eigenvalue weighted by Crippen LogP contribution is 2.51. The van der Waals surface area contributed by atoms with E-state index in [4.69, 9.17) is 14.2 Å². The van der Waals surface area contributed by atoms with Gasteiger partial charge in [-0.05, 0) is 35.7 Å². The largest absolute Gasteiger partial charge is 0.504 e. The zero-order chi connectivity index (χ0) is 18.7. The van der Waals surface area contributed by atoms with Crippen LogP contribution >= 0.6 is 0 Å². The third-order valence-electron chi connectivity index (χ3n) is 4.65. The summed E-state index contributed by atoms with van der Waals surface area (Å²) in [5, 5.41) is 19.8. The quantitative estimate of drug-likeness (QED) is 0.741. The molecule has 26 heavy (non-hydrogen) atoms. The monoisotopic (exact) mass is 358 g/mol. The lowest BCUT2D eigenvalue weighted by Gasteiger charge is -2.18. The molecule has 1 aliphatic heterocycles. The number of carbonyl (C=O) groups excluding carboxylic acids is 1. The van der Waals surface area contributed by atoms with Crippen molar-refractivity contribution < 1.29 is 29.2 Å². The van der Waals surface area contributed by atoms with E-state index in [1.54, 1.807) is 25.3 Å². The highest BCUT2D eigenvalue weighted by molar-refractivity contribution is 5.57. The Bertz CT molecular complexity index is 801. The van der Waals surface area contributed by atoms with Crippen LogP contribution in [0.5, 0.6) is 23.0 Å². The van der Waals surface area contributed by atoms with Crippen LogP contribution in [0.1, 0.15) is 35.1 Å². The van der Waals surface area contributed by atoms with Crippen LogP contribution < -0.4 is 14.2 Å². The van der Waals surface area contributed by atoms with Crippen LogP contribution in [0.3, 0.4) is 0 Å². The lowest BCUT2D eigenvalue weighted by Crippen LogP contribution is -2.13. The first kappa shape index (κ1) is 18.1. The Morgan fingerprint density at radius 2 is 1.92 bits per heavy atom. The minimum atomic E-state index is -0.431. The van der Waals surface area contributed by atoms with Crippen molar-refractivity contribution in [1.82, 2.24) is 0 Å². The molecule has 0 saturated carbocycles. The van der Waals surface area contributed by atoms with Crippen molar-refractivity contribution in [3.8, 4) is 23.0 Å². The van der Waals surface area contributed by atoms with E-state index in [0.29, 0.717) is 30.1 Å². The molecule has 2 aromatic carbocycles. The van der Waals surface area contributed by atoms with E-state index in [1.807, 2.05) is 12.1 Å². The molecule has 3 rings (SSSR count). The van der Waals surface area contributed by atoms with E-state index in [0.717, 1.165) is 23.0 Å². The van der Waals surface area contributed by atoms with Gasteiger partial charge in [-0.3, -0.25) is 0 Å². The highest BCUT2D eigenvalue weighted by atomic mass is 16.5. The summed E-state index contributed by atoms with van der Waals surface area (Å²) in [6.45, 7) is -0.110. The number of ether oxygens (including phenoxy) is 3. The van der Waals surface area contributed by atoms with Crippen LogP contribution in [-0.2, 0) is 11.2 Å². The zero-order valence-corrected chi connectivity index (χ0v) is 14.8. The van der Waals surface area contributed by atoms with E-state index in [1.165, 1.54) is 7.11 Å². The molecule has 0 radical (unpaired) electrons. The van der Waals surface area contributed by atoms with Crippen LogP contribution in [0.2, 0.25) is 0 Å². The third-order valence-corrected chi connectivity index (χ3v) is 4.65. The minimum Gasteiger partial charge on any atom is -0.504 e. The fourth-order valence-electron chi connectivity index (χ4n) is 3.34. The fraction of sp³-hybridized carbons (Fsp3) is 0.350. The van der Waals surface area contributed by atoms with Gasteiger partial charge < -0.3 is 29.2 Å². The Morgan fingerprint density at radius 1 is 1.15 bits per heavy atom. The molecule has 0 aromatic heterocycles. The Balaban J connectivity index is 2.01. The number of fused-ring (bicyclic) bond motifs is 1. The molecule has 0 amide bonds. The third kappa shape index (κ3) is 3.20. The number of hydrogen-bond acceptors (Lipinski definition) is 6. The van der Waals surface area contributed by atoms with E-state index >= 15 is 0 Å². The summed E-state index contributed by atoms with van der Waals surface area (Å²) >= 11 is 0. The van der Waals surface area contributed by atoms with Crippen LogP contribution in [0.4, 0.5) is 0 Å². The minimum absolute atomic E-state index is 0.0426. The van der Waals surface area contributed by atoms with Gasteiger partial charge in [0.15, 0.2) is 23.0 Å². The van der Waals surface area contributed by atoms with Gasteiger partial charge in [-0.1, -0.05) is 12.1 Å². The number of carbonyl (C=O) groups is 1. The second-order valence-corrected chi connectivity index (χ2v) is 6.18. The van der Waals surface area contributed by atoms with Crippen LogP contribution in [0, 0.1) is 0 Å². The molecule has 0 bridgehead atoms. The van der Waals surface area contributed by atoms with E-state index in [-0.39, 0.29) is 18.3 Å². The number of aryl methyl sites for hydroxylation is 1. The molecule has 0 spiro atoms. The molecule has 1 heterocycles. The average molecular weight is 358 g/mol. The zero-order valence-electron chi connectivity index (χ0n) is 14.8. The molecular formula is C20H22O6. The SMILES string of the molecule is COc1cc([C@@H]2Oc3c(OC)cc(CCC=O)cc3[C@H]2CO)ccc1O. The van der Waals surface area contributed by atoms with Crippen LogP contribution in [0.15, 0.2) is 30.3 Å². The van der Waals surface area contributed by atoms with Crippen LogP contribution in [0.25, 0.3) is 0 Å². The Labute approximate surface area is 151 Å². The molecule has 2 aromatic rings. The van der Waals surface area contributed by atoms with Gasteiger partial charge in [0.2, 0.25) is 0 Å². The number of aldehydes is 1. The van der Waals surface area contributed by atoms with Crippen molar-refractivity contribution in [2.75, 3.05) is 20.8 Å². The predicted octanol–water partition coefficient (Wildman–Crippen LogP) is 2.75. The molecule has 6 nitrogen and oxygen atoms in total. The van der Waals surface area contributed by atoms with Gasteiger partial charge in [0.1, 0.15) is 12.4 Å². The first-order valence-corrected chi connectivity index (χ1v) is 8.41. The van der Waals surface area contributed by atoms with Crippen molar-refractivity contribution in [2.24, 2.45) is 0 Å². The van der Waals surface area contributed by atoms with Gasteiger partial charge in [0, 0.05) is 12.0 Å². The summed E-state index contributed by atoms with van der Waals surface area (Å²) in [5.41, 5.74) is 2.59. The second-order valence-electron chi connectivity index (χ2n) is 6.18. The topological polar surface area (TPSA) is 85.2 Å². The van der Waals surface area contributed by atoms with Crippen molar-refractivity contribution in [2.45, 2.75) is 24.9 Å². The lowest BCUT2D eigenvalue weighted by atomic mass is 9.90. The van der Waals surface area contributed by atoms with E-state index in [2.05, 4.69) is 0 Å². The van der Waals surface area contributed by atoms with Crippen LogP contribution in [-0.4, -0.2) is 37.3 Å². The van der Waals surface area contributed by atoms with Crippen molar-refractivity contribution >= 4 is 6.29 Å². The Kier molecular flexibility index (Phi) is 5.32. The molecule has 2 atom stereocenters. The number of phenols is 1. The van der Waals surface area contributed by atoms with Gasteiger partial charge in [0.25, 0.3) is 0 Å². The summed E-state index contributed by atoms with van der Waals surface area (Å²) in [5.74, 6) is 1.27. The normalized spacial score (nSPS) is 18.1. The molecule has 1 aliphatic rings. The van der Waals surface area contributed by atoms with Gasteiger partial charge in [-0.15, -0.1) is 0 Å². The van der Waals surface area contributed by atoms with Gasteiger partial charge >= 0.3 is 0 Å². The maximum atomic E-state index is 10.7. The molecule has 138 valence electrons. The second kappa shape index (κ2) is 7.66. The fourth-order valence-corrected chi connectivity index (χ4v) is 3.34. The summed E-state index contributed by atoms with van der Waals surface area (Å²) < 4.78 is 16.8. The van der Waals surface area contributed by atoms with Crippen molar-refractivity contribution in [3.63, 3.8) is 0 Å². The lowest BCUT2D eigenvalue weighted by molar-refractivity contribution is -0.107. The number of methoxy groups -OCH3 is 2. The van der Waals surface area contributed by atoms with Gasteiger partial charge in [-0.25, -0.2) is 0 Å². The number of benzene rings is 2. The smallest absolute Gasteiger partial charge is 0.165 e. The number of rotatable bonds is 7. The highest BCUT2D eigenvalue weighted by Gasteiger charge is 2.37. The first-order valence-electron chi connectivity index (χ1n) is 8.41. The number of aliphatic hydroxyl groups excluding tert-OH is 1. The predicted molar refractivity (Wildman–Crippen MR) is 95.2 cm³/mol. The molecule has 0 saturated heterocycles. The van der Waals surface area contributed by atoms with E-state index in [9.17, 15) is 15.0 Å². The molecule has 6 heteroatoms. The molecule has 0 unspecified atom stereocenters. The number of aromatic hydroxyl groups is 1. The van der Waals surface area contributed by atoms with E-state index < -0.39 is 6.10 Å². The summed E-state index contributed by atoms with van der Waals surface area (Å²) in [4.78, 5) is 10.7. The first-order chi connectivity index (χ1) is 12.6. The maximum Gasteiger partial charge on any atom is 0.165 e. The molecule has 2 N–H and O–H groups in total. The average Bonchev–Trinajstić information content (AvgIpc) is 3.04. The number of aliphatic hydroxyl groups is 1. The Morgan fingerprint density at radius 3 is 2.58 bits per heavy atom. The number of phenolic OH excluding ortho intramolecular Hbond substituents is 1. The van der Waals surface area contributed by atoms with Crippen molar-refractivity contribution in [1.29, 1.82) is 0 Å². The summed E-state index contributed by atoms with van der Waals surface area (Å²) in [6.07, 6.45) is 1.47. The van der Waals surface area contributed by atoms with Crippen molar-refractivity contribution in [3.05, 3.63) is 47.0 Å². The summed E-state index contributed by atoms with van der Waals surface area (Å²) in [6, 6.07) is 8.81. The summed E-state index contributed by atoms with van der Waals surface area (Å²) in [7, 11) is 3.04. The standard InChI is InChI=1S/C20H22O6/c1-24-17-10-13(5-6-16(17)23)19-15(11-22)14-8-12(4-3-7-21)9-18(25-2)20(14)26-19/h5-10,15,19,22-23H,3-4,11H2,1-2H3/t15-,19+/m1/s1. The molecular weight excluding hydrogens is 336 g/mol. The van der Waals surface area contributed by atoms with Gasteiger partial charge in [0.05, 0.1) is 26.7 Å². The van der Waals surface area contributed by atoms with Gasteiger partial charge in [-0.2, -0.15) is 0 Å². The number of hydrogen-bond donors (Lipinski definition) is 2. The molecule has 0 aliphatic carbocycles. The Hall–Kier alpha value is -2.73.